The van der Waals surface area contributed by atoms with Crippen LogP contribution in [0.15, 0.2) is 0 Å². The van der Waals surface area contributed by atoms with Gasteiger partial charge in [0.2, 0.25) is 6.10 Å². The molecule has 1 rings (SSSR count). The molecule has 7 heavy (non-hydrogen) atoms. The fourth-order valence-electron chi connectivity index (χ4n) is 0.346. The highest BCUT2D eigenvalue weighted by Crippen LogP contribution is 2.15. The number of carbonyl (C=O) groups excluding carboxylic acids is 1. The van der Waals surface area contributed by atoms with Gasteiger partial charge < -0.3 is 9.84 Å². The third kappa shape index (κ3) is 0.899. The highest BCUT2D eigenvalue weighted by atomic mass is 16.6. The van der Waals surface area contributed by atoms with Gasteiger partial charge in [-0.1, -0.05) is 0 Å². The summed E-state index contributed by atoms with van der Waals surface area (Å²) in [7, 11) is 0. The van der Waals surface area contributed by atoms with E-state index in [1.165, 1.54) is 0 Å². The van der Waals surface area contributed by atoms with E-state index in [2.05, 4.69) is 4.74 Å². The van der Waals surface area contributed by atoms with Gasteiger partial charge in [0.25, 0.3) is 0 Å². The number of ether oxygens (including phenoxy) is 1. The van der Waals surface area contributed by atoms with E-state index in [1.807, 2.05) is 0 Å². The number of rotatable bonds is 2. The predicted molar refractivity (Wildman–Crippen MR) is 20.7 cm³/mol. The Morgan fingerprint density at radius 1 is 2.00 bits per heavy atom. The second-order valence-electron chi connectivity index (χ2n) is 1.34. The average Bonchev–Trinajstić information content (AvgIpc) is 2.22. The first-order valence-corrected chi connectivity index (χ1v) is 2.01. The number of aliphatic hydroxyl groups excluding tert-OH is 1. The molecule has 0 aliphatic carbocycles. The van der Waals surface area contributed by atoms with Gasteiger partial charge in [-0.3, -0.25) is 0 Å². The van der Waals surface area contributed by atoms with Crippen LogP contribution in [0.4, 0.5) is 0 Å². The molecule has 1 aliphatic heterocycles. The van der Waals surface area contributed by atoms with E-state index in [1.54, 1.807) is 0 Å². The molecule has 0 bridgehead atoms. The molecule has 1 fully saturated rings. The van der Waals surface area contributed by atoms with Crippen LogP contribution in [0, 0.1) is 6.61 Å². The second-order valence-corrected chi connectivity index (χ2v) is 1.34. The minimum absolute atomic E-state index is 0.217. The van der Waals surface area contributed by atoms with Gasteiger partial charge in [-0.25, -0.2) is 4.79 Å². The first kappa shape index (κ1) is 4.59. The first-order chi connectivity index (χ1) is 3.34. The van der Waals surface area contributed by atoms with Crippen molar-refractivity contribution in [1.82, 2.24) is 0 Å². The zero-order valence-corrected chi connectivity index (χ0v) is 3.63. The van der Waals surface area contributed by atoms with Crippen molar-refractivity contribution in [2.45, 2.75) is 12.5 Å². The standard InChI is InChI=1S/C4H5O3/c5-2-1-3-4(6)7-3/h2-3,5H,1H2. The molecule has 1 radical (unpaired) electrons. The van der Waals surface area contributed by atoms with Crippen LogP contribution >= 0.6 is 0 Å². The molecule has 0 saturated carbocycles. The summed E-state index contributed by atoms with van der Waals surface area (Å²) in [5.41, 5.74) is 0. The molecule has 0 aromatic carbocycles. The van der Waals surface area contributed by atoms with Crippen LogP contribution in [0.1, 0.15) is 6.42 Å². The van der Waals surface area contributed by atoms with Gasteiger partial charge in [-0.15, -0.1) is 0 Å². The number of carbonyl (C=O) groups is 1. The van der Waals surface area contributed by atoms with E-state index in [0.29, 0.717) is 6.42 Å². The fraction of sp³-hybridized carbons (Fsp3) is 0.500. The van der Waals surface area contributed by atoms with Crippen molar-refractivity contribution in [2.75, 3.05) is 0 Å². The molecule has 39 valence electrons. The van der Waals surface area contributed by atoms with Crippen molar-refractivity contribution in [2.24, 2.45) is 0 Å². The van der Waals surface area contributed by atoms with Crippen molar-refractivity contribution in [1.29, 1.82) is 0 Å². The largest absolute Gasteiger partial charge is 0.447 e. The number of hydrogen-bond donors (Lipinski definition) is 1. The van der Waals surface area contributed by atoms with Gasteiger partial charge in [-0.05, 0) is 0 Å². The lowest BCUT2D eigenvalue weighted by atomic mass is 10.3. The summed E-state index contributed by atoms with van der Waals surface area (Å²) in [4.78, 5) is 9.92. The normalized spacial score (nSPS) is 27.0. The summed E-state index contributed by atoms with van der Waals surface area (Å²) in [6, 6.07) is 0. The average molecular weight is 101 g/mol. The fourth-order valence-corrected chi connectivity index (χ4v) is 0.346. The van der Waals surface area contributed by atoms with Crippen LogP contribution in [0.2, 0.25) is 0 Å². The maximum Gasteiger partial charge on any atom is 0.348 e. The minimum Gasteiger partial charge on any atom is -0.447 e. The molecule has 1 unspecified atom stereocenters. The van der Waals surface area contributed by atoms with Crippen molar-refractivity contribution in [3.8, 4) is 0 Å². The Hall–Kier alpha value is -0.570. The van der Waals surface area contributed by atoms with Crippen LogP contribution < -0.4 is 0 Å². The Balaban J connectivity index is 2.09. The second kappa shape index (κ2) is 1.50. The van der Waals surface area contributed by atoms with Gasteiger partial charge in [0, 0.05) is 6.42 Å². The van der Waals surface area contributed by atoms with E-state index < -0.39 is 0 Å². The van der Waals surface area contributed by atoms with Crippen LogP contribution in [0.5, 0.6) is 0 Å². The first-order valence-electron chi connectivity index (χ1n) is 2.01. The number of hydrogen-bond acceptors (Lipinski definition) is 3. The quantitative estimate of drug-likeness (QED) is 0.491. The SMILES string of the molecule is O=C1OC1C[CH]O. The predicted octanol–water partition coefficient (Wildman–Crippen LogP) is -0.164. The molecule has 0 amide bonds. The molecule has 1 saturated heterocycles. The van der Waals surface area contributed by atoms with Crippen LogP contribution in [0.3, 0.4) is 0 Å². The summed E-state index contributed by atoms with van der Waals surface area (Å²) < 4.78 is 4.33. The van der Waals surface area contributed by atoms with Crippen molar-refractivity contribution >= 4 is 5.97 Å². The van der Waals surface area contributed by atoms with Crippen molar-refractivity contribution < 1.29 is 14.6 Å². The van der Waals surface area contributed by atoms with Gasteiger partial charge in [0.1, 0.15) is 0 Å². The van der Waals surface area contributed by atoms with Gasteiger partial charge >= 0.3 is 5.97 Å². The highest BCUT2D eigenvalue weighted by molar-refractivity contribution is 5.87. The van der Waals surface area contributed by atoms with Crippen molar-refractivity contribution in [3.05, 3.63) is 6.61 Å². The molecule has 1 atom stereocenters. The Labute approximate surface area is 40.9 Å². The lowest BCUT2D eigenvalue weighted by Gasteiger charge is -1.76. The lowest BCUT2D eigenvalue weighted by molar-refractivity contribution is -0.117. The Morgan fingerprint density at radius 3 is 2.71 bits per heavy atom. The zero-order chi connectivity index (χ0) is 5.28. The van der Waals surface area contributed by atoms with E-state index in [9.17, 15) is 4.79 Å². The Morgan fingerprint density at radius 2 is 2.57 bits per heavy atom. The summed E-state index contributed by atoms with van der Waals surface area (Å²) in [5.74, 6) is -0.217. The summed E-state index contributed by atoms with van der Waals surface area (Å²) in [6.45, 7) is 0.926. The number of aliphatic hydroxyl groups is 1. The molecular weight excluding hydrogens is 96.0 g/mol. The summed E-state index contributed by atoms with van der Waals surface area (Å²) >= 11 is 0. The molecule has 1 N–H and O–H groups in total. The Kier molecular flexibility index (Phi) is 0.982. The van der Waals surface area contributed by atoms with Gasteiger partial charge in [0.15, 0.2) is 0 Å². The van der Waals surface area contributed by atoms with E-state index in [-0.39, 0.29) is 12.1 Å². The number of epoxide rings is 1. The third-order valence-corrected chi connectivity index (χ3v) is 0.784. The molecule has 1 aliphatic rings. The lowest BCUT2D eigenvalue weighted by Crippen LogP contribution is -1.85. The van der Waals surface area contributed by atoms with Crippen LogP contribution in [-0.4, -0.2) is 17.2 Å². The van der Waals surface area contributed by atoms with Crippen molar-refractivity contribution in [3.63, 3.8) is 0 Å². The molecule has 1 heterocycles. The molecule has 0 aromatic rings. The summed E-state index contributed by atoms with van der Waals surface area (Å²) in [6.07, 6.45) is 0.00347. The van der Waals surface area contributed by atoms with E-state index in [4.69, 9.17) is 5.11 Å². The van der Waals surface area contributed by atoms with Gasteiger partial charge in [-0.2, -0.15) is 0 Å². The zero-order valence-electron chi connectivity index (χ0n) is 3.63. The van der Waals surface area contributed by atoms with Crippen LogP contribution in [-0.2, 0) is 9.53 Å². The molecule has 0 spiro atoms. The molecule has 3 nitrogen and oxygen atoms in total. The molecular formula is C4H5O3. The maximum absolute atomic E-state index is 9.92. The minimum atomic E-state index is -0.329. The smallest absolute Gasteiger partial charge is 0.348 e. The summed E-state index contributed by atoms with van der Waals surface area (Å²) in [5, 5.41) is 8.04. The Bertz CT molecular complexity index is 88.9. The number of cyclic esters (lactones) is 1. The van der Waals surface area contributed by atoms with E-state index in [0.717, 1.165) is 6.61 Å². The topological polar surface area (TPSA) is 49.8 Å². The maximum atomic E-state index is 9.92. The molecule has 0 aromatic heterocycles. The monoisotopic (exact) mass is 101 g/mol. The third-order valence-electron chi connectivity index (χ3n) is 0.784. The molecule has 3 heteroatoms. The van der Waals surface area contributed by atoms with E-state index >= 15 is 0 Å². The van der Waals surface area contributed by atoms with Gasteiger partial charge in [0.05, 0.1) is 6.61 Å². The highest BCUT2D eigenvalue weighted by Gasteiger charge is 2.36. The van der Waals surface area contributed by atoms with Crippen LogP contribution in [0.25, 0.3) is 0 Å².